The number of Topliss-reactive ketones (excluding diaryl/α,β-unsaturated/α-hetero) is 1. The van der Waals surface area contributed by atoms with E-state index in [4.69, 9.17) is 11.6 Å². The average molecular weight is 208 g/mol. The Labute approximate surface area is 86.9 Å². The molecular formula is C11H10ClNO. The van der Waals surface area contributed by atoms with Gasteiger partial charge in [0, 0.05) is 23.7 Å². The van der Waals surface area contributed by atoms with Gasteiger partial charge in [-0.25, -0.2) is 0 Å². The number of ketones is 1. The molecule has 0 radical (unpaired) electrons. The van der Waals surface area contributed by atoms with E-state index in [0.29, 0.717) is 11.6 Å². The van der Waals surface area contributed by atoms with E-state index >= 15 is 0 Å². The Kier molecular flexibility index (Phi) is 2.30. The van der Waals surface area contributed by atoms with Crippen molar-refractivity contribution >= 4 is 28.3 Å². The highest BCUT2D eigenvalue weighted by atomic mass is 35.5. The molecule has 0 saturated heterocycles. The summed E-state index contributed by atoms with van der Waals surface area (Å²) in [5.74, 6) is 0.546. The highest BCUT2D eigenvalue weighted by Crippen LogP contribution is 2.18. The fourth-order valence-corrected chi connectivity index (χ4v) is 1.62. The molecule has 2 aromatic rings. The predicted octanol–water partition coefficient (Wildman–Crippen LogP) is 3.11. The van der Waals surface area contributed by atoms with E-state index in [0.717, 1.165) is 16.5 Å². The Hall–Kier alpha value is -1.28. The first-order valence-corrected chi connectivity index (χ1v) is 4.92. The Balaban J connectivity index is 2.60. The topological polar surface area (TPSA) is 32.9 Å². The summed E-state index contributed by atoms with van der Waals surface area (Å²) in [5, 5.41) is 1.04. The second-order valence-corrected chi connectivity index (χ2v) is 3.56. The fraction of sp³-hybridized carbons (Fsp3) is 0.182. The zero-order valence-electron chi connectivity index (χ0n) is 7.80. The van der Waals surface area contributed by atoms with Crippen molar-refractivity contribution < 1.29 is 4.79 Å². The Bertz CT molecular complexity index is 487. The summed E-state index contributed by atoms with van der Waals surface area (Å²) >= 11 is 5.72. The van der Waals surface area contributed by atoms with Crippen LogP contribution in [0.3, 0.4) is 0 Å². The van der Waals surface area contributed by atoms with E-state index < -0.39 is 0 Å². The van der Waals surface area contributed by atoms with Gasteiger partial charge in [-0.2, -0.15) is 0 Å². The van der Waals surface area contributed by atoms with Gasteiger partial charge >= 0.3 is 0 Å². The standard InChI is InChI=1S/C11H10ClNO/c1-7(14)11-5-9-4-8(6-12)2-3-10(9)13-11/h2-5,13H,6H2,1H3. The average Bonchev–Trinajstić information content (AvgIpc) is 2.59. The summed E-state index contributed by atoms with van der Waals surface area (Å²) in [6.07, 6.45) is 0. The number of halogens is 1. The SMILES string of the molecule is CC(=O)c1cc2cc(CCl)ccc2[nH]1. The summed E-state index contributed by atoms with van der Waals surface area (Å²) in [5.41, 5.74) is 2.68. The second kappa shape index (κ2) is 3.46. The van der Waals surface area contributed by atoms with Gasteiger partial charge in [0.2, 0.25) is 0 Å². The minimum Gasteiger partial charge on any atom is -0.352 e. The van der Waals surface area contributed by atoms with Crippen molar-refractivity contribution in [3.8, 4) is 0 Å². The van der Waals surface area contributed by atoms with E-state index in [1.54, 1.807) is 6.92 Å². The molecule has 0 unspecified atom stereocenters. The monoisotopic (exact) mass is 207 g/mol. The number of aromatic amines is 1. The maximum absolute atomic E-state index is 11.1. The normalized spacial score (nSPS) is 10.7. The third-order valence-corrected chi connectivity index (χ3v) is 2.53. The lowest BCUT2D eigenvalue weighted by atomic mass is 10.2. The fourth-order valence-electron chi connectivity index (χ4n) is 1.45. The lowest BCUT2D eigenvalue weighted by molar-refractivity contribution is 0.101. The minimum absolute atomic E-state index is 0.0497. The van der Waals surface area contributed by atoms with Crippen LogP contribution in [0.5, 0.6) is 0 Å². The zero-order valence-corrected chi connectivity index (χ0v) is 8.56. The van der Waals surface area contributed by atoms with Crippen molar-refractivity contribution in [3.05, 3.63) is 35.5 Å². The van der Waals surface area contributed by atoms with Gasteiger partial charge in [-0.15, -0.1) is 11.6 Å². The van der Waals surface area contributed by atoms with Gasteiger partial charge in [0.1, 0.15) is 0 Å². The number of rotatable bonds is 2. The maximum atomic E-state index is 11.1. The van der Waals surface area contributed by atoms with Gasteiger partial charge in [-0.05, 0) is 23.8 Å². The molecule has 0 bridgehead atoms. The summed E-state index contributed by atoms with van der Waals surface area (Å²) in [6.45, 7) is 1.55. The number of aromatic nitrogens is 1. The van der Waals surface area contributed by atoms with Crippen molar-refractivity contribution in [2.24, 2.45) is 0 Å². The molecule has 0 saturated carbocycles. The lowest BCUT2D eigenvalue weighted by Gasteiger charge is -1.93. The molecule has 1 aromatic heterocycles. The number of carbonyl (C=O) groups is 1. The first-order valence-electron chi connectivity index (χ1n) is 4.39. The number of hydrogen-bond acceptors (Lipinski definition) is 1. The molecule has 1 heterocycles. The van der Waals surface area contributed by atoms with Crippen LogP contribution in [0.2, 0.25) is 0 Å². The van der Waals surface area contributed by atoms with E-state index in [9.17, 15) is 4.79 Å². The van der Waals surface area contributed by atoms with Crippen LogP contribution in [-0.4, -0.2) is 10.8 Å². The molecule has 0 aliphatic rings. The van der Waals surface area contributed by atoms with Gasteiger partial charge in [0.05, 0.1) is 5.69 Å². The molecule has 2 nitrogen and oxygen atoms in total. The second-order valence-electron chi connectivity index (χ2n) is 3.29. The Morgan fingerprint density at radius 2 is 2.21 bits per heavy atom. The highest BCUT2D eigenvalue weighted by Gasteiger charge is 2.04. The lowest BCUT2D eigenvalue weighted by Crippen LogP contribution is -1.89. The van der Waals surface area contributed by atoms with Crippen LogP contribution in [0.4, 0.5) is 0 Å². The summed E-state index contributed by atoms with van der Waals surface area (Å²) in [7, 11) is 0. The van der Waals surface area contributed by atoms with Gasteiger partial charge < -0.3 is 4.98 Å². The number of alkyl halides is 1. The van der Waals surface area contributed by atoms with Crippen LogP contribution in [0.1, 0.15) is 23.0 Å². The molecule has 3 heteroatoms. The molecule has 14 heavy (non-hydrogen) atoms. The predicted molar refractivity (Wildman–Crippen MR) is 57.9 cm³/mol. The van der Waals surface area contributed by atoms with Crippen LogP contribution >= 0.6 is 11.6 Å². The van der Waals surface area contributed by atoms with E-state index in [2.05, 4.69) is 4.98 Å². The van der Waals surface area contributed by atoms with Crippen molar-refractivity contribution in [1.82, 2.24) is 4.98 Å². The molecule has 0 atom stereocenters. The van der Waals surface area contributed by atoms with Gasteiger partial charge in [-0.1, -0.05) is 6.07 Å². The van der Waals surface area contributed by atoms with Crippen LogP contribution in [-0.2, 0) is 5.88 Å². The Morgan fingerprint density at radius 3 is 2.86 bits per heavy atom. The highest BCUT2D eigenvalue weighted by molar-refractivity contribution is 6.17. The molecule has 0 aliphatic heterocycles. The molecule has 1 N–H and O–H groups in total. The molecule has 72 valence electrons. The van der Waals surface area contributed by atoms with E-state index in [1.807, 2.05) is 24.3 Å². The minimum atomic E-state index is 0.0497. The Morgan fingerprint density at radius 1 is 1.43 bits per heavy atom. The van der Waals surface area contributed by atoms with Crippen LogP contribution < -0.4 is 0 Å². The molecule has 0 fully saturated rings. The number of hydrogen-bond donors (Lipinski definition) is 1. The summed E-state index contributed by atoms with van der Waals surface area (Å²) < 4.78 is 0. The zero-order chi connectivity index (χ0) is 10.1. The molecule has 1 aromatic carbocycles. The third-order valence-electron chi connectivity index (χ3n) is 2.22. The maximum Gasteiger partial charge on any atom is 0.175 e. The summed E-state index contributed by atoms with van der Waals surface area (Å²) in [6, 6.07) is 7.74. The summed E-state index contributed by atoms with van der Waals surface area (Å²) in [4.78, 5) is 14.2. The van der Waals surface area contributed by atoms with Crippen LogP contribution in [0.15, 0.2) is 24.3 Å². The third kappa shape index (κ3) is 1.53. The van der Waals surface area contributed by atoms with E-state index in [1.165, 1.54) is 0 Å². The molecule has 0 aliphatic carbocycles. The van der Waals surface area contributed by atoms with Crippen molar-refractivity contribution in [2.45, 2.75) is 12.8 Å². The molecule has 0 spiro atoms. The van der Waals surface area contributed by atoms with Gasteiger partial charge in [0.25, 0.3) is 0 Å². The number of benzene rings is 1. The van der Waals surface area contributed by atoms with Gasteiger partial charge in [-0.3, -0.25) is 4.79 Å². The molecular weight excluding hydrogens is 198 g/mol. The first kappa shape index (κ1) is 9.28. The number of carbonyl (C=O) groups excluding carboxylic acids is 1. The van der Waals surface area contributed by atoms with Gasteiger partial charge in [0.15, 0.2) is 5.78 Å². The number of nitrogens with one attached hydrogen (secondary N) is 1. The van der Waals surface area contributed by atoms with Crippen molar-refractivity contribution in [1.29, 1.82) is 0 Å². The van der Waals surface area contributed by atoms with Crippen molar-refractivity contribution in [3.63, 3.8) is 0 Å². The van der Waals surface area contributed by atoms with Crippen LogP contribution in [0.25, 0.3) is 10.9 Å². The van der Waals surface area contributed by atoms with E-state index in [-0.39, 0.29) is 5.78 Å². The number of H-pyrrole nitrogens is 1. The molecule has 0 amide bonds. The smallest absolute Gasteiger partial charge is 0.175 e. The quantitative estimate of drug-likeness (QED) is 0.596. The van der Waals surface area contributed by atoms with Crippen LogP contribution in [0, 0.1) is 0 Å². The largest absolute Gasteiger partial charge is 0.352 e. The first-order chi connectivity index (χ1) is 6.70. The van der Waals surface area contributed by atoms with Crippen molar-refractivity contribution in [2.75, 3.05) is 0 Å². The number of fused-ring (bicyclic) bond motifs is 1. The molecule has 2 rings (SSSR count).